The first-order valence-electron chi connectivity index (χ1n) is 5.93. The van der Waals surface area contributed by atoms with Crippen LogP contribution < -0.4 is 10.2 Å². The highest BCUT2D eigenvalue weighted by Gasteiger charge is 1.96. The van der Waals surface area contributed by atoms with Crippen molar-refractivity contribution in [3.63, 3.8) is 0 Å². The molecule has 0 radical (unpaired) electrons. The first-order chi connectivity index (χ1) is 9.79. The van der Waals surface area contributed by atoms with Crippen molar-refractivity contribution in [3.8, 4) is 11.8 Å². The van der Waals surface area contributed by atoms with Crippen LogP contribution in [0, 0.1) is 11.3 Å². The Balaban J connectivity index is 1.95. The standard InChI is InChI=1S/C15H12ClN3O/c16-14-3-1-2-4-15(14)19-18-11-12-5-7-13(8-6-12)20-10-9-17/h1-8,11,19H,10H2/b18-11-. The summed E-state index contributed by atoms with van der Waals surface area (Å²) in [5.74, 6) is 0.655. The molecule has 100 valence electrons. The average Bonchev–Trinajstić information content (AvgIpc) is 2.48. The van der Waals surface area contributed by atoms with E-state index in [0.717, 1.165) is 11.3 Å². The summed E-state index contributed by atoms with van der Waals surface area (Å²) in [6.45, 7) is 0.0432. The van der Waals surface area contributed by atoms with Gasteiger partial charge < -0.3 is 4.74 Å². The van der Waals surface area contributed by atoms with Crippen molar-refractivity contribution in [3.05, 3.63) is 59.1 Å². The van der Waals surface area contributed by atoms with Crippen LogP contribution in [-0.4, -0.2) is 12.8 Å². The lowest BCUT2D eigenvalue weighted by atomic mass is 10.2. The van der Waals surface area contributed by atoms with Gasteiger partial charge >= 0.3 is 0 Å². The molecule has 0 amide bonds. The maximum Gasteiger partial charge on any atom is 0.174 e. The molecule has 0 atom stereocenters. The minimum Gasteiger partial charge on any atom is -0.479 e. The van der Waals surface area contributed by atoms with Crippen molar-refractivity contribution in [1.29, 1.82) is 5.26 Å². The van der Waals surface area contributed by atoms with Gasteiger partial charge in [0.05, 0.1) is 16.9 Å². The molecule has 0 spiro atoms. The van der Waals surface area contributed by atoms with Gasteiger partial charge in [-0.2, -0.15) is 10.4 Å². The first kappa shape index (κ1) is 13.9. The van der Waals surface area contributed by atoms with Crippen LogP contribution >= 0.6 is 11.6 Å². The molecule has 2 rings (SSSR count). The zero-order valence-corrected chi connectivity index (χ0v) is 11.3. The van der Waals surface area contributed by atoms with E-state index in [1.165, 1.54) is 0 Å². The topological polar surface area (TPSA) is 57.4 Å². The number of hydrogen-bond acceptors (Lipinski definition) is 4. The summed E-state index contributed by atoms with van der Waals surface area (Å²) >= 11 is 6.00. The van der Waals surface area contributed by atoms with Gasteiger partial charge in [0.15, 0.2) is 6.61 Å². The first-order valence-corrected chi connectivity index (χ1v) is 6.31. The second-order valence-electron chi connectivity index (χ2n) is 3.87. The second-order valence-corrected chi connectivity index (χ2v) is 4.27. The maximum atomic E-state index is 8.41. The highest BCUT2D eigenvalue weighted by molar-refractivity contribution is 6.33. The van der Waals surface area contributed by atoms with Crippen molar-refractivity contribution in [2.45, 2.75) is 0 Å². The van der Waals surface area contributed by atoms with Crippen LogP contribution in [0.4, 0.5) is 5.69 Å². The van der Waals surface area contributed by atoms with Gasteiger partial charge in [-0.3, -0.25) is 5.43 Å². The molecule has 20 heavy (non-hydrogen) atoms. The minimum atomic E-state index is 0.0432. The molecular formula is C15H12ClN3O. The third kappa shape index (κ3) is 4.01. The number of nitriles is 1. The van der Waals surface area contributed by atoms with Crippen LogP contribution in [0.3, 0.4) is 0 Å². The fraction of sp³-hybridized carbons (Fsp3) is 0.0667. The summed E-state index contributed by atoms with van der Waals surface area (Å²) in [6.07, 6.45) is 1.68. The second kappa shape index (κ2) is 7.17. The van der Waals surface area contributed by atoms with Crippen LogP contribution in [-0.2, 0) is 0 Å². The van der Waals surface area contributed by atoms with E-state index in [1.807, 2.05) is 36.4 Å². The summed E-state index contributed by atoms with van der Waals surface area (Å²) < 4.78 is 5.16. The number of halogens is 1. The van der Waals surface area contributed by atoms with Crippen LogP contribution in [0.2, 0.25) is 5.02 Å². The van der Waals surface area contributed by atoms with E-state index in [-0.39, 0.29) is 6.61 Å². The molecule has 0 unspecified atom stereocenters. The highest BCUT2D eigenvalue weighted by Crippen LogP contribution is 2.20. The molecule has 4 nitrogen and oxygen atoms in total. The van der Waals surface area contributed by atoms with Crippen molar-refractivity contribution in [1.82, 2.24) is 0 Å². The quantitative estimate of drug-likeness (QED) is 0.673. The zero-order valence-electron chi connectivity index (χ0n) is 10.6. The monoisotopic (exact) mass is 285 g/mol. The molecule has 0 saturated heterocycles. The predicted octanol–water partition coefficient (Wildman–Crippen LogP) is 3.69. The Bertz CT molecular complexity index is 632. The molecule has 0 saturated carbocycles. The smallest absolute Gasteiger partial charge is 0.174 e. The lowest BCUT2D eigenvalue weighted by Gasteiger charge is -2.03. The molecule has 0 aliphatic carbocycles. The SMILES string of the molecule is N#CCOc1ccc(/C=N\Nc2ccccc2Cl)cc1. The Hall–Kier alpha value is -2.51. The highest BCUT2D eigenvalue weighted by atomic mass is 35.5. The Kier molecular flexibility index (Phi) is 4.99. The van der Waals surface area contributed by atoms with Crippen LogP contribution in [0.1, 0.15) is 5.56 Å². The summed E-state index contributed by atoms with van der Waals surface area (Å²) in [6, 6.07) is 16.6. The minimum absolute atomic E-state index is 0.0432. The van der Waals surface area contributed by atoms with E-state index in [4.69, 9.17) is 21.6 Å². The lowest BCUT2D eigenvalue weighted by molar-refractivity contribution is 0.368. The average molecular weight is 286 g/mol. The fourth-order valence-electron chi connectivity index (χ4n) is 1.49. The number of anilines is 1. The van der Waals surface area contributed by atoms with E-state index >= 15 is 0 Å². The van der Waals surface area contributed by atoms with E-state index < -0.39 is 0 Å². The Morgan fingerprint density at radius 1 is 1.20 bits per heavy atom. The van der Waals surface area contributed by atoms with Crippen LogP contribution in [0.25, 0.3) is 0 Å². The summed E-state index contributed by atoms with van der Waals surface area (Å²) in [7, 11) is 0. The van der Waals surface area contributed by atoms with Crippen molar-refractivity contribution in [2.24, 2.45) is 5.10 Å². The van der Waals surface area contributed by atoms with Crippen LogP contribution in [0.5, 0.6) is 5.75 Å². The van der Waals surface area contributed by atoms with Gasteiger partial charge in [0.25, 0.3) is 0 Å². The van der Waals surface area contributed by atoms with Crippen molar-refractivity contribution >= 4 is 23.5 Å². The molecule has 1 N–H and O–H groups in total. The van der Waals surface area contributed by atoms with Gasteiger partial charge in [0, 0.05) is 0 Å². The molecule has 2 aromatic rings. The number of para-hydroxylation sites is 1. The normalized spacial score (nSPS) is 10.2. The number of ether oxygens (including phenoxy) is 1. The summed E-state index contributed by atoms with van der Waals surface area (Å²) in [5, 5.41) is 13.1. The van der Waals surface area contributed by atoms with Gasteiger partial charge in [0.2, 0.25) is 0 Å². The predicted molar refractivity (Wildman–Crippen MR) is 80.2 cm³/mol. The van der Waals surface area contributed by atoms with Gasteiger partial charge in [-0.25, -0.2) is 0 Å². The summed E-state index contributed by atoms with van der Waals surface area (Å²) in [4.78, 5) is 0. The van der Waals surface area contributed by atoms with Crippen molar-refractivity contribution in [2.75, 3.05) is 12.0 Å². The third-order valence-corrected chi connectivity index (χ3v) is 2.79. The number of hydrazone groups is 1. The van der Waals surface area contributed by atoms with Gasteiger partial charge in [0.1, 0.15) is 11.8 Å². The van der Waals surface area contributed by atoms with Gasteiger partial charge in [-0.15, -0.1) is 0 Å². The van der Waals surface area contributed by atoms with E-state index in [2.05, 4.69) is 10.5 Å². The van der Waals surface area contributed by atoms with Crippen molar-refractivity contribution < 1.29 is 4.74 Å². The number of rotatable bonds is 5. The fourth-order valence-corrected chi connectivity index (χ4v) is 1.67. The van der Waals surface area contributed by atoms with Gasteiger partial charge in [-0.1, -0.05) is 23.7 Å². The number of hydrogen-bond donors (Lipinski definition) is 1. The molecule has 0 aliphatic heterocycles. The Morgan fingerprint density at radius 2 is 1.95 bits per heavy atom. The number of benzene rings is 2. The zero-order chi connectivity index (χ0) is 14.2. The molecule has 0 fully saturated rings. The van der Waals surface area contributed by atoms with E-state index in [9.17, 15) is 0 Å². The lowest BCUT2D eigenvalue weighted by Crippen LogP contribution is -1.94. The third-order valence-electron chi connectivity index (χ3n) is 2.46. The molecule has 0 bridgehead atoms. The molecule has 0 aliphatic rings. The largest absolute Gasteiger partial charge is 0.479 e. The number of nitrogens with zero attached hydrogens (tertiary/aromatic N) is 2. The van der Waals surface area contributed by atoms with Gasteiger partial charge in [-0.05, 0) is 42.0 Å². The molecule has 0 heterocycles. The molecule has 5 heteroatoms. The molecule has 2 aromatic carbocycles. The molecular weight excluding hydrogens is 274 g/mol. The van der Waals surface area contributed by atoms with E-state index in [0.29, 0.717) is 10.8 Å². The Morgan fingerprint density at radius 3 is 2.65 bits per heavy atom. The van der Waals surface area contributed by atoms with Crippen LogP contribution in [0.15, 0.2) is 53.6 Å². The van der Waals surface area contributed by atoms with E-state index in [1.54, 1.807) is 24.4 Å². The number of nitrogens with one attached hydrogen (secondary N) is 1. The maximum absolute atomic E-state index is 8.41. The Labute approximate surface area is 122 Å². The molecule has 0 aromatic heterocycles. The summed E-state index contributed by atoms with van der Waals surface area (Å²) in [5.41, 5.74) is 4.53.